The quantitative estimate of drug-likeness (QED) is 0.438. The fourth-order valence-electron chi connectivity index (χ4n) is 5.38. The summed E-state index contributed by atoms with van der Waals surface area (Å²) >= 11 is 0. The van der Waals surface area contributed by atoms with Crippen LogP contribution >= 0.6 is 0 Å². The van der Waals surface area contributed by atoms with Crippen molar-refractivity contribution < 1.29 is 15.3 Å². The molecule has 0 aromatic carbocycles. The van der Waals surface area contributed by atoms with E-state index in [4.69, 9.17) is 0 Å². The van der Waals surface area contributed by atoms with Gasteiger partial charge in [-0.25, -0.2) is 0 Å². The SMILES string of the molecule is CC(C)C(C(CC(O)(C(C)C)C(C)C)CC(O)(C(C)C)C(C)C)C(C)(C)O. The first-order valence-electron chi connectivity index (χ1n) is 11.1. The van der Waals surface area contributed by atoms with Crippen molar-refractivity contribution in [2.75, 3.05) is 0 Å². The Kier molecular flexibility index (Phi) is 9.54. The number of hydrogen-bond donors (Lipinski definition) is 3. The van der Waals surface area contributed by atoms with Gasteiger partial charge in [0.1, 0.15) is 0 Å². The lowest BCUT2D eigenvalue weighted by Gasteiger charge is -2.49. The summed E-state index contributed by atoms with van der Waals surface area (Å²) in [7, 11) is 0. The molecule has 1 atom stereocenters. The lowest BCUT2D eigenvalue weighted by molar-refractivity contribution is -0.131. The van der Waals surface area contributed by atoms with Gasteiger partial charge in [-0.15, -0.1) is 0 Å². The first kappa shape index (κ1) is 26.9. The van der Waals surface area contributed by atoms with Crippen LogP contribution in [-0.4, -0.2) is 32.1 Å². The molecule has 0 aliphatic carbocycles. The second kappa shape index (κ2) is 9.59. The Morgan fingerprint density at radius 2 is 0.815 bits per heavy atom. The number of aliphatic hydroxyl groups is 3. The van der Waals surface area contributed by atoms with Gasteiger partial charge in [-0.05, 0) is 68.1 Å². The van der Waals surface area contributed by atoms with Crippen LogP contribution in [-0.2, 0) is 0 Å². The zero-order valence-electron chi connectivity index (χ0n) is 20.3. The summed E-state index contributed by atoms with van der Waals surface area (Å²) in [4.78, 5) is 0. The highest BCUT2D eigenvalue weighted by Crippen LogP contribution is 2.46. The number of rotatable bonds is 11. The van der Waals surface area contributed by atoms with Crippen LogP contribution in [0.4, 0.5) is 0 Å². The van der Waals surface area contributed by atoms with Gasteiger partial charge >= 0.3 is 0 Å². The van der Waals surface area contributed by atoms with Crippen molar-refractivity contribution in [1.82, 2.24) is 0 Å². The summed E-state index contributed by atoms with van der Waals surface area (Å²) in [6.07, 6.45) is 1.19. The third-order valence-electron chi connectivity index (χ3n) is 7.22. The third kappa shape index (κ3) is 6.44. The summed E-state index contributed by atoms with van der Waals surface area (Å²) in [5.74, 6) is 0.713. The van der Waals surface area contributed by atoms with E-state index in [9.17, 15) is 15.3 Å². The van der Waals surface area contributed by atoms with Crippen LogP contribution in [0.3, 0.4) is 0 Å². The minimum Gasteiger partial charge on any atom is -0.390 e. The van der Waals surface area contributed by atoms with Crippen LogP contribution in [0.25, 0.3) is 0 Å². The molecule has 3 N–H and O–H groups in total. The van der Waals surface area contributed by atoms with Crippen LogP contribution in [0.2, 0.25) is 0 Å². The Morgan fingerprint density at radius 1 is 0.556 bits per heavy atom. The van der Waals surface area contributed by atoms with Crippen molar-refractivity contribution in [2.24, 2.45) is 41.4 Å². The molecule has 27 heavy (non-hydrogen) atoms. The van der Waals surface area contributed by atoms with E-state index in [1.807, 2.05) is 13.8 Å². The molecule has 0 heterocycles. The average molecular weight is 387 g/mol. The Hall–Kier alpha value is -0.120. The van der Waals surface area contributed by atoms with Crippen molar-refractivity contribution in [2.45, 2.75) is 113 Å². The molecular weight excluding hydrogens is 336 g/mol. The molecule has 0 aromatic heterocycles. The maximum Gasteiger partial charge on any atom is 0.0696 e. The molecule has 0 aromatic rings. The molecule has 0 aliphatic heterocycles. The summed E-state index contributed by atoms with van der Waals surface area (Å²) in [5, 5.41) is 34.1. The van der Waals surface area contributed by atoms with Gasteiger partial charge in [0.05, 0.1) is 16.8 Å². The summed E-state index contributed by atoms with van der Waals surface area (Å²) in [6, 6.07) is 0. The molecule has 0 aliphatic rings. The van der Waals surface area contributed by atoms with Gasteiger partial charge in [-0.2, -0.15) is 0 Å². The highest BCUT2D eigenvalue weighted by Gasteiger charge is 2.47. The van der Waals surface area contributed by atoms with Crippen LogP contribution in [0, 0.1) is 41.4 Å². The molecule has 1 unspecified atom stereocenters. The second-order valence-corrected chi connectivity index (χ2v) is 11.2. The first-order chi connectivity index (χ1) is 11.9. The maximum absolute atomic E-state index is 11.5. The molecule has 164 valence electrons. The topological polar surface area (TPSA) is 60.7 Å². The maximum atomic E-state index is 11.5. The van der Waals surface area contributed by atoms with Crippen LogP contribution in [0.5, 0.6) is 0 Å². The largest absolute Gasteiger partial charge is 0.390 e. The van der Waals surface area contributed by atoms with Crippen LogP contribution in [0.1, 0.15) is 95.9 Å². The predicted molar refractivity (Wildman–Crippen MR) is 117 cm³/mol. The van der Waals surface area contributed by atoms with Crippen molar-refractivity contribution in [3.05, 3.63) is 0 Å². The van der Waals surface area contributed by atoms with Gasteiger partial charge in [0, 0.05) is 0 Å². The van der Waals surface area contributed by atoms with E-state index in [2.05, 4.69) is 69.2 Å². The summed E-state index contributed by atoms with van der Waals surface area (Å²) in [5.41, 5.74) is -2.52. The molecule has 0 saturated heterocycles. The molecule has 0 spiro atoms. The summed E-state index contributed by atoms with van der Waals surface area (Å²) in [6.45, 7) is 24.6. The average Bonchev–Trinajstić information content (AvgIpc) is 2.43. The Morgan fingerprint density at radius 3 is 0.963 bits per heavy atom. The summed E-state index contributed by atoms with van der Waals surface area (Å²) < 4.78 is 0. The van der Waals surface area contributed by atoms with E-state index in [1.54, 1.807) is 0 Å². The van der Waals surface area contributed by atoms with E-state index in [1.165, 1.54) is 0 Å². The molecule has 0 fully saturated rings. The van der Waals surface area contributed by atoms with Gasteiger partial charge in [-0.1, -0.05) is 69.2 Å². The Bertz CT molecular complexity index is 385. The smallest absolute Gasteiger partial charge is 0.0696 e. The fraction of sp³-hybridized carbons (Fsp3) is 1.00. The molecule has 0 radical (unpaired) electrons. The van der Waals surface area contributed by atoms with E-state index in [0.717, 1.165) is 0 Å². The Labute approximate surface area is 170 Å². The van der Waals surface area contributed by atoms with E-state index in [-0.39, 0.29) is 41.4 Å². The number of hydrogen-bond acceptors (Lipinski definition) is 3. The zero-order valence-corrected chi connectivity index (χ0v) is 20.3. The third-order valence-corrected chi connectivity index (χ3v) is 7.22. The molecular formula is C24H50O3. The standard InChI is InChI=1S/C24H50O3/c1-15(2)21(22(11,12)25)20(13-23(26,16(3)4)17(5)6)14-24(27,18(7)8)19(9)10/h15-21,25-27H,13-14H2,1-12H3. The van der Waals surface area contributed by atoms with Crippen molar-refractivity contribution in [3.8, 4) is 0 Å². The van der Waals surface area contributed by atoms with Gasteiger partial charge in [0.25, 0.3) is 0 Å². The van der Waals surface area contributed by atoms with Gasteiger partial charge in [-0.3, -0.25) is 0 Å². The first-order valence-corrected chi connectivity index (χ1v) is 11.1. The molecule has 0 rings (SSSR count). The van der Waals surface area contributed by atoms with E-state index in [0.29, 0.717) is 12.8 Å². The molecule has 0 saturated carbocycles. The van der Waals surface area contributed by atoms with E-state index < -0.39 is 16.8 Å². The predicted octanol–water partition coefficient (Wildman–Crippen LogP) is 5.51. The van der Waals surface area contributed by atoms with Crippen molar-refractivity contribution in [1.29, 1.82) is 0 Å². The normalized spacial score (nSPS) is 15.9. The minimum atomic E-state index is -0.872. The van der Waals surface area contributed by atoms with Crippen LogP contribution in [0.15, 0.2) is 0 Å². The van der Waals surface area contributed by atoms with Crippen molar-refractivity contribution >= 4 is 0 Å². The van der Waals surface area contributed by atoms with E-state index >= 15 is 0 Å². The lowest BCUT2D eigenvalue weighted by Crippen LogP contribution is -2.51. The minimum absolute atomic E-state index is 0.00875. The van der Waals surface area contributed by atoms with Gasteiger partial charge in [0.15, 0.2) is 0 Å². The highest BCUT2D eigenvalue weighted by molar-refractivity contribution is 4.98. The lowest BCUT2D eigenvalue weighted by atomic mass is 9.61. The second-order valence-electron chi connectivity index (χ2n) is 11.2. The molecule has 3 heteroatoms. The zero-order chi connectivity index (χ0) is 22.0. The molecule has 0 bridgehead atoms. The van der Waals surface area contributed by atoms with Crippen LogP contribution < -0.4 is 0 Å². The Balaban J connectivity index is 6.25. The highest BCUT2D eigenvalue weighted by atomic mass is 16.3. The van der Waals surface area contributed by atoms with Crippen molar-refractivity contribution in [3.63, 3.8) is 0 Å². The van der Waals surface area contributed by atoms with Gasteiger partial charge in [0.2, 0.25) is 0 Å². The fourth-order valence-corrected chi connectivity index (χ4v) is 5.38. The van der Waals surface area contributed by atoms with Gasteiger partial charge < -0.3 is 15.3 Å². The molecule has 0 amide bonds. The monoisotopic (exact) mass is 386 g/mol. The molecule has 3 nitrogen and oxygen atoms in total.